The van der Waals surface area contributed by atoms with Crippen LogP contribution in [0.15, 0.2) is 30.5 Å². The van der Waals surface area contributed by atoms with Crippen molar-refractivity contribution in [3.05, 3.63) is 36.3 Å². The van der Waals surface area contributed by atoms with E-state index < -0.39 is 0 Å². The maximum Gasteiger partial charge on any atom is 0.222 e. The zero-order valence-electron chi connectivity index (χ0n) is 14.8. The Hall–Kier alpha value is -2.70. The molecule has 1 saturated heterocycles. The Morgan fingerprint density at radius 2 is 1.96 bits per heavy atom. The summed E-state index contributed by atoms with van der Waals surface area (Å²) in [7, 11) is 0. The second-order valence-corrected chi connectivity index (χ2v) is 6.12. The Bertz CT molecular complexity index is 713. The van der Waals surface area contributed by atoms with Gasteiger partial charge in [0.1, 0.15) is 23.3 Å². The first-order chi connectivity index (χ1) is 12.2. The van der Waals surface area contributed by atoms with Gasteiger partial charge in [-0.3, -0.25) is 4.79 Å². The van der Waals surface area contributed by atoms with E-state index in [0.29, 0.717) is 12.2 Å². The average Bonchev–Trinajstić information content (AvgIpc) is 2.62. The van der Waals surface area contributed by atoms with Crippen LogP contribution in [0.3, 0.4) is 0 Å². The van der Waals surface area contributed by atoms with Crippen LogP contribution in [0.25, 0.3) is 0 Å². The van der Waals surface area contributed by atoms with Crippen molar-refractivity contribution in [2.24, 2.45) is 0 Å². The quantitative estimate of drug-likeness (QED) is 0.901. The fourth-order valence-electron chi connectivity index (χ4n) is 2.90. The van der Waals surface area contributed by atoms with Gasteiger partial charge in [0.25, 0.3) is 0 Å². The van der Waals surface area contributed by atoms with Crippen LogP contribution in [0.4, 0.5) is 17.5 Å². The van der Waals surface area contributed by atoms with Gasteiger partial charge in [-0.05, 0) is 25.5 Å². The molecule has 1 amide bonds. The lowest BCUT2D eigenvalue weighted by molar-refractivity contribution is -0.131. The van der Waals surface area contributed by atoms with Crippen molar-refractivity contribution in [2.75, 3.05) is 36.4 Å². The van der Waals surface area contributed by atoms with E-state index in [0.717, 1.165) is 50.1 Å². The number of hydrogen-bond donors (Lipinski definition) is 1. The summed E-state index contributed by atoms with van der Waals surface area (Å²) in [5.74, 6) is 3.32. The van der Waals surface area contributed by atoms with E-state index in [2.05, 4.69) is 25.2 Å². The van der Waals surface area contributed by atoms with Crippen molar-refractivity contribution in [1.29, 1.82) is 0 Å². The SMILES string of the molecule is CCCC(=O)N1CCN(c2cc(Nc3ccccn3)nc(C)n2)CC1. The highest BCUT2D eigenvalue weighted by atomic mass is 16.2. The largest absolute Gasteiger partial charge is 0.353 e. The number of piperazine rings is 1. The van der Waals surface area contributed by atoms with Gasteiger partial charge in [-0.2, -0.15) is 0 Å². The van der Waals surface area contributed by atoms with E-state index in [4.69, 9.17) is 0 Å². The van der Waals surface area contributed by atoms with E-state index in [-0.39, 0.29) is 5.91 Å². The van der Waals surface area contributed by atoms with Crippen molar-refractivity contribution in [3.8, 4) is 0 Å². The first-order valence-corrected chi connectivity index (χ1v) is 8.72. The molecule has 7 nitrogen and oxygen atoms in total. The number of pyridine rings is 1. The van der Waals surface area contributed by atoms with Crippen molar-refractivity contribution in [2.45, 2.75) is 26.7 Å². The third kappa shape index (κ3) is 4.43. The molecule has 3 rings (SSSR count). The second kappa shape index (κ2) is 7.92. The number of carbonyl (C=O) groups is 1. The molecule has 0 radical (unpaired) electrons. The summed E-state index contributed by atoms with van der Waals surface area (Å²) in [6.07, 6.45) is 3.27. The molecule has 2 aromatic heterocycles. The van der Waals surface area contributed by atoms with Crippen LogP contribution in [0.1, 0.15) is 25.6 Å². The van der Waals surface area contributed by atoms with Crippen molar-refractivity contribution >= 4 is 23.4 Å². The monoisotopic (exact) mass is 340 g/mol. The van der Waals surface area contributed by atoms with Crippen LogP contribution in [-0.2, 0) is 4.79 Å². The minimum atomic E-state index is 0.249. The number of anilines is 3. The Morgan fingerprint density at radius 1 is 1.16 bits per heavy atom. The number of carbonyl (C=O) groups excluding carboxylic acids is 1. The molecule has 2 aromatic rings. The summed E-state index contributed by atoms with van der Waals surface area (Å²) in [4.78, 5) is 29.4. The summed E-state index contributed by atoms with van der Waals surface area (Å²) in [5.41, 5.74) is 0. The molecule has 1 fully saturated rings. The molecule has 3 heterocycles. The van der Waals surface area contributed by atoms with Crippen molar-refractivity contribution < 1.29 is 4.79 Å². The van der Waals surface area contributed by atoms with Gasteiger partial charge >= 0.3 is 0 Å². The zero-order chi connectivity index (χ0) is 17.6. The molecule has 0 unspecified atom stereocenters. The molecule has 132 valence electrons. The van der Waals surface area contributed by atoms with E-state index >= 15 is 0 Å². The lowest BCUT2D eigenvalue weighted by Gasteiger charge is -2.35. The van der Waals surface area contributed by atoms with Gasteiger partial charge in [0.15, 0.2) is 0 Å². The topological polar surface area (TPSA) is 74.2 Å². The first kappa shape index (κ1) is 17.1. The van der Waals surface area contributed by atoms with Gasteiger partial charge in [0, 0.05) is 44.9 Å². The lowest BCUT2D eigenvalue weighted by Crippen LogP contribution is -2.49. The highest BCUT2D eigenvalue weighted by molar-refractivity contribution is 5.76. The van der Waals surface area contributed by atoms with Crippen LogP contribution < -0.4 is 10.2 Å². The smallest absolute Gasteiger partial charge is 0.222 e. The van der Waals surface area contributed by atoms with Gasteiger partial charge in [0.2, 0.25) is 5.91 Å². The summed E-state index contributed by atoms with van der Waals surface area (Å²) < 4.78 is 0. The fraction of sp³-hybridized carbons (Fsp3) is 0.444. The summed E-state index contributed by atoms with van der Waals surface area (Å²) >= 11 is 0. The Morgan fingerprint density at radius 3 is 2.64 bits per heavy atom. The third-order valence-electron chi connectivity index (χ3n) is 4.17. The molecule has 0 saturated carbocycles. The molecule has 0 aliphatic carbocycles. The molecule has 0 aromatic carbocycles. The zero-order valence-corrected chi connectivity index (χ0v) is 14.8. The van der Waals surface area contributed by atoms with Crippen LogP contribution in [-0.4, -0.2) is 51.9 Å². The molecule has 0 atom stereocenters. The molecule has 1 aliphatic rings. The first-order valence-electron chi connectivity index (χ1n) is 8.72. The molecule has 0 bridgehead atoms. The van der Waals surface area contributed by atoms with Gasteiger partial charge < -0.3 is 15.1 Å². The summed E-state index contributed by atoms with van der Waals surface area (Å²) in [6.45, 7) is 6.97. The number of amides is 1. The predicted molar refractivity (Wildman–Crippen MR) is 98.0 cm³/mol. The normalized spacial score (nSPS) is 14.5. The maximum atomic E-state index is 12.0. The molecule has 7 heteroatoms. The van der Waals surface area contributed by atoms with Crippen molar-refractivity contribution in [3.63, 3.8) is 0 Å². The second-order valence-electron chi connectivity index (χ2n) is 6.12. The summed E-state index contributed by atoms with van der Waals surface area (Å²) in [6, 6.07) is 7.64. The molecule has 25 heavy (non-hydrogen) atoms. The molecule has 1 N–H and O–H groups in total. The number of rotatable bonds is 5. The van der Waals surface area contributed by atoms with Gasteiger partial charge in [-0.1, -0.05) is 13.0 Å². The Balaban J connectivity index is 1.68. The van der Waals surface area contributed by atoms with E-state index in [9.17, 15) is 4.79 Å². The van der Waals surface area contributed by atoms with E-state index in [1.165, 1.54) is 0 Å². The van der Waals surface area contributed by atoms with Crippen LogP contribution in [0.5, 0.6) is 0 Å². The maximum absolute atomic E-state index is 12.0. The molecular formula is C18H24N6O. The Labute approximate surface area is 148 Å². The lowest BCUT2D eigenvalue weighted by atomic mass is 10.2. The number of hydrogen-bond acceptors (Lipinski definition) is 6. The fourth-order valence-corrected chi connectivity index (χ4v) is 2.90. The van der Waals surface area contributed by atoms with Gasteiger partial charge in [-0.15, -0.1) is 0 Å². The minimum Gasteiger partial charge on any atom is -0.353 e. The van der Waals surface area contributed by atoms with Gasteiger partial charge in [0.05, 0.1) is 0 Å². The van der Waals surface area contributed by atoms with E-state index in [1.54, 1.807) is 6.20 Å². The molecule has 0 spiro atoms. The highest BCUT2D eigenvalue weighted by Gasteiger charge is 2.21. The van der Waals surface area contributed by atoms with Crippen LogP contribution in [0.2, 0.25) is 0 Å². The third-order valence-corrected chi connectivity index (χ3v) is 4.17. The highest BCUT2D eigenvalue weighted by Crippen LogP contribution is 2.20. The summed E-state index contributed by atoms with van der Waals surface area (Å²) in [5, 5.41) is 3.21. The van der Waals surface area contributed by atoms with Crippen molar-refractivity contribution in [1.82, 2.24) is 19.9 Å². The van der Waals surface area contributed by atoms with Crippen LogP contribution >= 0.6 is 0 Å². The minimum absolute atomic E-state index is 0.249. The average molecular weight is 340 g/mol. The number of aromatic nitrogens is 3. The number of aryl methyl sites for hydroxylation is 1. The van der Waals surface area contributed by atoms with E-state index in [1.807, 2.05) is 43.0 Å². The number of nitrogens with zero attached hydrogens (tertiary/aromatic N) is 5. The standard InChI is InChI=1S/C18H24N6O/c1-3-6-18(25)24-11-9-23(10-12-24)17-13-16(20-14(2)21-17)22-15-7-4-5-8-19-15/h4-5,7-8,13H,3,6,9-12H2,1-2H3,(H,19,20,21,22). The molecule has 1 aliphatic heterocycles. The van der Waals surface area contributed by atoms with Gasteiger partial charge in [-0.25, -0.2) is 15.0 Å². The number of nitrogens with one attached hydrogen (secondary N) is 1. The molecular weight excluding hydrogens is 316 g/mol. The van der Waals surface area contributed by atoms with Crippen LogP contribution in [0, 0.1) is 6.92 Å². The predicted octanol–water partition coefficient (Wildman–Crippen LogP) is 2.37. The Kier molecular flexibility index (Phi) is 5.42.